The monoisotopic (exact) mass is 442 g/mol. The van der Waals surface area contributed by atoms with E-state index < -0.39 is 22.2 Å². The minimum atomic E-state index is -0.917. The Hall–Kier alpha value is -2.72. The van der Waals surface area contributed by atoms with Gasteiger partial charge in [-0.3, -0.25) is 0 Å². The second-order valence-electron chi connectivity index (χ2n) is 9.72. The summed E-state index contributed by atoms with van der Waals surface area (Å²) in [5.74, 6) is 10.8. The third-order valence-electron chi connectivity index (χ3n) is 7.00. The van der Waals surface area contributed by atoms with Gasteiger partial charge in [0.1, 0.15) is 11.1 Å². The maximum Gasteiger partial charge on any atom is 0.363 e. The molecule has 164 valence electrons. The van der Waals surface area contributed by atoms with Crippen LogP contribution in [0.5, 0.6) is 0 Å². The van der Waals surface area contributed by atoms with Gasteiger partial charge >= 0.3 is 11.7 Å². The van der Waals surface area contributed by atoms with E-state index in [9.17, 15) is 20.8 Å². The molecular formula is C22H26N4O4S. The van der Waals surface area contributed by atoms with Crippen molar-refractivity contribution in [3.05, 3.63) is 32.3 Å². The minimum Gasteiger partial charge on any atom is -0.714 e. The normalized spacial score (nSPS) is 22.9. The zero-order valence-corrected chi connectivity index (χ0v) is 19.8. The van der Waals surface area contributed by atoms with E-state index in [0.717, 1.165) is 0 Å². The van der Waals surface area contributed by atoms with E-state index >= 15 is 0 Å². The maximum atomic E-state index is 12.5. The highest BCUT2D eigenvalue weighted by Gasteiger charge is 2.60. The summed E-state index contributed by atoms with van der Waals surface area (Å²) in [5, 5.41) is 51.5. The fourth-order valence-electron chi connectivity index (χ4n) is 3.13. The van der Waals surface area contributed by atoms with E-state index in [1.165, 1.54) is 11.3 Å². The summed E-state index contributed by atoms with van der Waals surface area (Å²) in [6.07, 6.45) is 0. The first-order chi connectivity index (χ1) is 14.1. The summed E-state index contributed by atoms with van der Waals surface area (Å²) in [6, 6.07) is 3.43. The SMILES string of the molecule is CC1(C)N([O])C(C#Cc2ccc(C#CC3=[N+]([O-])C(C)(C)C(C)(C)N3[O])s2)=[N+]([O-])C1(C)C. The zero-order chi connectivity index (χ0) is 23.6. The van der Waals surface area contributed by atoms with Gasteiger partial charge in [-0.2, -0.15) is 0 Å². The van der Waals surface area contributed by atoms with Gasteiger partial charge in [0, 0.05) is 22.3 Å². The number of thiophene rings is 1. The van der Waals surface area contributed by atoms with Gasteiger partial charge < -0.3 is 10.4 Å². The maximum absolute atomic E-state index is 12.5. The lowest BCUT2D eigenvalue weighted by Gasteiger charge is -2.32. The van der Waals surface area contributed by atoms with Crippen LogP contribution in [0.4, 0.5) is 0 Å². The molecule has 0 N–H and O–H groups in total. The molecule has 1 aromatic rings. The molecule has 0 aromatic carbocycles. The van der Waals surface area contributed by atoms with E-state index in [-0.39, 0.29) is 11.7 Å². The van der Waals surface area contributed by atoms with Gasteiger partial charge in [0.2, 0.25) is 0 Å². The van der Waals surface area contributed by atoms with E-state index in [1.807, 2.05) is 0 Å². The molecular weight excluding hydrogens is 416 g/mol. The fraction of sp³-hybridized carbons (Fsp3) is 0.545. The molecule has 2 aliphatic rings. The van der Waals surface area contributed by atoms with Crippen molar-refractivity contribution in [3.8, 4) is 23.7 Å². The molecule has 0 spiro atoms. The summed E-state index contributed by atoms with van der Waals surface area (Å²) < 4.78 is 1.32. The van der Waals surface area contributed by atoms with E-state index in [2.05, 4.69) is 23.7 Å². The zero-order valence-electron chi connectivity index (χ0n) is 19.0. The van der Waals surface area contributed by atoms with Crippen molar-refractivity contribution in [1.29, 1.82) is 0 Å². The summed E-state index contributed by atoms with van der Waals surface area (Å²) in [6.45, 7) is 13.7. The molecule has 0 fully saturated rings. The fourth-order valence-corrected chi connectivity index (χ4v) is 3.84. The van der Waals surface area contributed by atoms with Crippen LogP contribution in [0, 0.1) is 34.1 Å². The average Bonchev–Trinajstić information content (AvgIpc) is 3.21. The Kier molecular flexibility index (Phi) is 5.10. The molecule has 0 saturated carbocycles. The first-order valence-corrected chi connectivity index (χ1v) is 10.7. The Balaban J connectivity index is 1.87. The second-order valence-corrected chi connectivity index (χ2v) is 10.8. The summed E-state index contributed by atoms with van der Waals surface area (Å²) in [7, 11) is 0. The molecule has 1 aromatic heterocycles. The van der Waals surface area contributed by atoms with Crippen LogP contribution >= 0.6 is 11.3 Å². The Morgan fingerprint density at radius 1 is 0.710 bits per heavy atom. The molecule has 0 unspecified atom stereocenters. The van der Waals surface area contributed by atoms with Crippen LogP contribution < -0.4 is 0 Å². The molecule has 0 saturated heterocycles. The third-order valence-corrected chi connectivity index (χ3v) is 7.91. The standard InChI is InChI=1S/C22H26N4O4S/c1-19(2)20(3,4)24(28)17(23(19)27)13-11-15-9-10-16(31-15)12-14-18-25(29)21(5,6)22(7,8)26(18)30/h9-10H,1-8H3. The topological polar surface area (TPSA) is 98.4 Å². The van der Waals surface area contributed by atoms with Gasteiger partial charge in [-0.1, -0.05) is 10.1 Å². The first-order valence-electron chi connectivity index (χ1n) is 9.84. The lowest BCUT2D eigenvalue weighted by molar-refractivity contribution is -0.539. The molecule has 2 radical (unpaired) electrons. The molecule has 3 rings (SSSR count). The van der Waals surface area contributed by atoms with E-state index in [4.69, 9.17) is 0 Å². The van der Waals surface area contributed by atoms with Crippen LogP contribution in [0.2, 0.25) is 0 Å². The molecule has 2 aliphatic heterocycles. The molecule has 3 heterocycles. The number of nitrogens with zero attached hydrogens (tertiary/aromatic N) is 4. The Morgan fingerprint density at radius 3 is 1.29 bits per heavy atom. The van der Waals surface area contributed by atoms with Crippen LogP contribution in [-0.4, -0.2) is 53.4 Å². The smallest absolute Gasteiger partial charge is 0.363 e. The van der Waals surface area contributed by atoms with Gasteiger partial charge in [0.15, 0.2) is 11.1 Å². The largest absolute Gasteiger partial charge is 0.714 e. The van der Waals surface area contributed by atoms with Crippen molar-refractivity contribution in [2.24, 2.45) is 0 Å². The predicted octanol–water partition coefficient (Wildman–Crippen LogP) is 2.71. The lowest BCUT2D eigenvalue weighted by atomic mass is 9.84. The Labute approximate surface area is 186 Å². The molecule has 0 amide bonds. The van der Waals surface area contributed by atoms with Gasteiger partial charge in [0.25, 0.3) is 0 Å². The Morgan fingerprint density at radius 2 is 1.03 bits per heavy atom. The molecule has 0 aliphatic carbocycles. The van der Waals surface area contributed by atoms with E-state index in [0.29, 0.717) is 29.4 Å². The van der Waals surface area contributed by atoms with Crippen molar-refractivity contribution in [3.63, 3.8) is 0 Å². The van der Waals surface area contributed by atoms with E-state index in [1.54, 1.807) is 67.5 Å². The van der Waals surface area contributed by atoms with Crippen molar-refractivity contribution in [2.75, 3.05) is 0 Å². The van der Waals surface area contributed by atoms with Crippen LogP contribution in [0.15, 0.2) is 12.1 Å². The van der Waals surface area contributed by atoms with Crippen LogP contribution in [0.1, 0.15) is 65.1 Å². The number of rotatable bonds is 0. The van der Waals surface area contributed by atoms with Crippen molar-refractivity contribution in [1.82, 2.24) is 10.1 Å². The van der Waals surface area contributed by atoms with Crippen molar-refractivity contribution < 1.29 is 19.9 Å². The van der Waals surface area contributed by atoms with Crippen LogP contribution in [0.25, 0.3) is 0 Å². The second kappa shape index (κ2) is 6.89. The lowest BCUT2D eigenvalue weighted by Crippen LogP contribution is -2.53. The van der Waals surface area contributed by atoms with Gasteiger partial charge in [-0.05, 0) is 79.4 Å². The van der Waals surface area contributed by atoms with Gasteiger partial charge in [-0.15, -0.1) is 11.3 Å². The number of hydrogen-bond acceptors (Lipinski definition) is 5. The highest BCUT2D eigenvalue weighted by molar-refractivity contribution is 7.13. The highest BCUT2D eigenvalue weighted by Crippen LogP contribution is 2.36. The van der Waals surface area contributed by atoms with Crippen LogP contribution in [-0.2, 0) is 10.4 Å². The van der Waals surface area contributed by atoms with Gasteiger partial charge in [-0.25, -0.2) is 9.48 Å². The third kappa shape index (κ3) is 3.16. The van der Waals surface area contributed by atoms with Crippen LogP contribution in [0.3, 0.4) is 0 Å². The van der Waals surface area contributed by atoms with Crippen molar-refractivity contribution >= 4 is 23.0 Å². The molecule has 0 atom stereocenters. The number of hydroxylamine groups is 6. The Bertz CT molecular complexity index is 1030. The quantitative estimate of drug-likeness (QED) is 0.350. The number of hydrogen-bond donors (Lipinski definition) is 0. The van der Waals surface area contributed by atoms with Gasteiger partial charge in [0.05, 0.1) is 9.75 Å². The van der Waals surface area contributed by atoms with Crippen molar-refractivity contribution in [2.45, 2.75) is 77.5 Å². The first kappa shape index (κ1) is 23.0. The highest BCUT2D eigenvalue weighted by atomic mass is 32.1. The summed E-state index contributed by atoms with van der Waals surface area (Å²) >= 11 is 1.25. The molecule has 8 nitrogen and oxygen atoms in total. The summed E-state index contributed by atoms with van der Waals surface area (Å²) in [5.41, 5.74) is -3.67. The minimum absolute atomic E-state index is 0.133. The number of amidine groups is 2. The molecule has 9 heteroatoms. The average molecular weight is 443 g/mol. The summed E-state index contributed by atoms with van der Waals surface area (Å²) in [4.78, 5) is 1.22. The molecule has 0 bridgehead atoms. The molecule has 31 heavy (non-hydrogen) atoms. The predicted molar refractivity (Wildman–Crippen MR) is 117 cm³/mol.